The molecule has 3 heteroatoms. The lowest BCUT2D eigenvalue weighted by Crippen LogP contribution is -2.21. The molecule has 2 unspecified atom stereocenters. The van der Waals surface area contributed by atoms with E-state index in [4.69, 9.17) is 4.52 Å². The van der Waals surface area contributed by atoms with E-state index in [1.165, 1.54) is 0 Å². The van der Waals surface area contributed by atoms with Crippen LogP contribution in [0.25, 0.3) is 11.1 Å². The minimum absolute atomic E-state index is 0.196. The van der Waals surface area contributed by atoms with Crippen LogP contribution >= 0.6 is 7.37 Å². The molecule has 0 fully saturated rings. The molecular formula is C20H17O2P. The zero-order valence-electron chi connectivity index (χ0n) is 12.8. The molecule has 3 aromatic carbocycles. The first-order chi connectivity index (χ1) is 11.2. The minimum atomic E-state index is -3.05. The van der Waals surface area contributed by atoms with Crippen LogP contribution in [0.1, 0.15) is 18.1 Å². The van der Waals surface area contributed by atoms with Crippen LogP contribution in [0.15, 0.2) is 78.9 Å². The third-order valence-electron chi connectivity index (χ3n) is 4.44. The Labute approximate surface area is 136 Å². The van der Waals surface area contributed by atoms with Crippen molar-refractivity contribution in [3.05, 3.63) is 84.4 Å². The first-order valence-electron chi connectivity index (χ1n) is 7.73. The Morgan fingerprint density at radius 2 is 1.39 bits per heavy atom. The van der Waals surface area contributed by atoms with E-state index in [0.717, 1.165) is 22.0 Å². The van der Waals surface area contributed by atoms with E-state index in [-0.39, 0.29) is 5.66 Å². The van der Waals surface area contributed by atoms with Gasteiger partial charge in [0.25, 0.3) is 7.37 Å². The molecule has 2 atom stereocenters. The predicted octanol–water partition coefficient (Wildman–Crippen LogP) is 5.41. The number of benzene rings is 3. The molecule has 1 heterocycles. The smallest absolute Gasteiger partial charge is 0.284 e. The first kappa shape index (κ1) is 14.3. The number of rotatable bonds is 2. The summed E-state index contributed by atoms with van der Waals surface area (Å²) in [4.78, 5) is 0. The standard InChI is InChI=1S/C20H17O2P/c1-15(16-9-3-2-4-10-16)23(21)20-14-8-6-12-18(20)17-11-5-7-13-19(17)22-23/h2-15H,1H3. The fourth-order valence-corrected chi connectivity index (χ4v) is 5.67. The summed E-state index contributed by atoms with van der Waals surface area (Å²) in [5.74, 6) is 0.706. The predicted molar refractivity (Wildman–Crippen MR) is 94.6 cm³/mol. The monoisotopic (exact) mass is 320 g/mol. The van der Waals surface area contributed by atoms with E-state index in [2.05, 4.69) is 0 Å². The number of hydrogen-bond acceptors (Lipinski definition) is 2. The molecule has 1 aliphatic heterocycles. The number of fused-ring (bicyclic) bond motifs is 3. The van der Waals surface area contributed by atoms with Crippen LogP contribution in [0.3, 0.4) is 0 Å². The van der Waals surface area contributed by atoms with Crippen molar-refractivity contribution in [1.29, 1.82) is 0 Å². The van der Waals surface area contributed by atoms with Gasteiger partial charge in [0.05, 0.1) is 11.0 Å². The largest absolute Gasteiger partial charge is 0.439 e. The molecule has 2 nitrogen and oxygen atoms in total. The zero-order chi connectivity index (χ0) is 15.9. The van der Waals surface area contributed by atoms with Gasteiger partial charge < -0.3 is 4.52 Å². The highest BCUT2D eigenvalue weighted by Gasteiger charge is 2.41. The van der Waals surface area contributed by atoms with E-state index in [9.17, 15) is 4.57 Å². The lowest BCUT2D eigenvalue weighted by atomic mass is 10.0. The fraction of sp³-hybridized carbons (Fsp3) is 0.100. The maximum Gasteiger partial charge on any atom is 0.284 e. The van der Waals surface area contributed by atoms with E-state index in [1.807, 2.05) is 85.8 Å². The van der Waals surface area contributed by atoms with Gasteiger partial charge in [0.15, 0.2) is 0 Å². The molecule has 3 aromatic rings. The Morgan fingerprint density at radius 1 is 0.783 bits per heavy atom. The maximum absolute atomic E-state index is 13.9. The topological polar surface area (TPSA) is 26.3 Å². The Bertz CT molecular complexity index is 902. The molecule has 0 aliphatic carbocycles. The van der Waals surface area contributed by atoms with Crippen LogP contribution in [0.2, 0.25) is 0 Å². The van der Waals surface area contributed by atoms with Gasteiger partial charge in [-0.1, -0.05) is 66.7 Å². The van der Waals surface area contributed by atoms with E-state index >= 15 is 0 Å². The van der Waals surface area contributed by atoms with Crippen molar-refractivity contribution in [2.45, 2.75) is 12.6 Å². The summed E-state index contributed by atoms with van der Waals surface area (Å²) in [5, 5.41) is 0.815. The molecule has 0 saturated carbocycles. The van der Waals surface area contributed by atoms with Crippen molar-refractivity contribution in [2.24, 2.45) is 0 Å². The second kappa shape index (κ2) is 5.40. The normalized spacial score (nSPS) is 20.0. The van der Waals surface area contributed by atoms with Gasteiger partial charge >= 0.3 is 0 Å². The van der Waals surface area contributed by atoms with Gasteiger partial charge in [0.2, 0.25) is 0 Å². The summed E-state index contributed by atoms with van der Waals surface area (Å²) in [7, 11) is -3.05. The zero-order valence-corrected chi connectivity index (χ0v) is 13.7. The van der Waals surface area contributed by atoms with E-state index in [0.29, 0.717) is 5.75 Å². The van der Waals surface area contributed by atoms with Crippen LogP contribution in [0.5, 0.6) is 5.75 Å². The molecule has 0 amide bonds. The SMILES string of the molecule is CC(c1ccccc1)P1(=O)Oc2ccccc2-c2ccccc21. The van der Waals surface area contributed by atoms with Crippen LogP contribution in [0.4, 0.5) is 0 Å². The van der Waals surface area contributed by atoms with Crippen molar-refractivity contribution < 1.29 is 9.09 Å². The van der Waals surface area contributed by atoms with Crippen LogP contribution in [-0.4, -0.2) is 0 Å². The molecule has 0 N–H and O–H groups in total. The first-order valence-corrected chi connectivity index (χ1v) is 9.43. The third-order valence-corrected chi connectivity index (χ3v) is 7.29. The Hall–Kier alpha value is -2.31. The highest BCUT2D eigenvalue weighted by molar-refractivity contribution is 7.68. The number of hydrogen-bond donors (Lipinski definition) is 0. The maximum atomic E-state index is 13.9. The third kappa shape index (κ3) is 2.22. The minimum Gasteiger partial charge on any atom is -0.439 e. The van der Waals surface area contributed by atoms with Crippen molar-refractivity contribution in [2.75, 3.05) is 0 Å². The lowest BCUT2D eigenvalue weighted by molar-refractivity contribution is 0.481. The van der Waals surface area contributed by atoms with Crippen molar-refractivity contribution in [3.8, 4) is 16.9 Å². The molecule has 114 valence electrons. The molecule has 0 bridgehead atoms. The van der Waals surface area contributed by atoms with Gasteiger partial charge in [0.1, 0.15) is 5.75 Å². The molecule has 0 saturated heterocycles. The molecule has 0 spiro atoms. The Morgan fingerprint density at radius 3 is 2.17 bits per heavy atom. The average Bonchev–Trinajstić information content (AvgIpc) is 2.62. The van der Waals surface area contributed by atoms with Crippen LogP contribution in [-0.2, 0) is 4.57 Å². The molecule has 4 rings (SSSR count). The second-order valence-electron chi connectivity index (χ2n) is 5.79. The average molecular weight is 320 g/mol. The summed E-state index contributed by atoms with van der Waals surface area (Å²) >= 11 is 0. The van der Waals surface area contributed by atoms with Gasteiger partial charge in [-0.05, 0) is 30.2 Å². The van der Waals surface area contributed by atoms with Crippen LogP contribution in [0, 0.1) is 0 Å². The number of para-hydroxylation sites is 1. The Kier molecular flexibility index (Phi) is 3.36. The lowest BCUT2D eigenvalue weighted by Gasteiger charge is -2.32. The van der Waals surface area contributed by atoms with Gasteiger partial charge in [-0.2, -0.15) is 0 Å². The molecule has 23 heavy (non-hydrogen) atoms. The molecule has 0 aromatic heterocycles. The van der Waals surface area contributed by atoms with E-state index in [1.54, 1.807) is 0 Å². The van der Waals surface area contributed by atoms with Crippen molar-refractivity contribution in [1.82, 2.24) is 0 Å². The summed E-state index contributed by atoms with van der Waals surface area (Å²) in [6.07, 6.45) is 0. The Balaban J connectivity index is 1.92. The second-order valence-corrected chi connectivity index (χ2v) is 8.42. The van der Waals surface area contributed by atoms with E-state index < -0.39 is 7.37 Å². The summed E-state index contributed by atoms with van der Waals surface area (Å²) in [5.41, 5.74) is 2.86. The summed E-state index contributed by atoms with van der Waals surface area (Å²) in [6, 6.07) is 25.6. The highest BCUT2D eigenvalue weighted by Crippen LogP contribution is 2.63. The fourth-order valence-electron chi connectivity index (χ4n) is 3.15. The molecular weight excluding hydrogens is 303 g/mol. The molecule has 1 aliphatic rings. The van der Waals surface area contributed by atoms with Crippen LogP contribution < -0.4 is 9.83 Å². The van der Waals surface area contributed by atoms with Crippen molar-refractivity contribution >= 4 is 12.7 Å². The van der Waals surface area contributed by atoms with Crippen molar-refractivity contribution in [3.63, 3.8) is 0 Å². The summed E-state index contributed by atoms with van der Waals surface area (Å²) in [6.45, 7) is 1.99. The quantitative estimate of drug-likeness (QED) is 0.590. The van der Waals surface area contributed by atoms with Gasteiger partial charge in [-0.15, -0.1) is 0 Å². The van der Waals surface area contributed by atoms with Gasteiger partial charge in [-0.25, -0.2) is 0 Å². The summed E-state index contributed by atoms with van der Waals surface area (Å²) < 4.78 is 20.0. The molecule has 0 radical (unpaired) electrons. The highest BCUT2D eigenvalue weighted by atomic mass is 31.2. The van der Waals surface area contributed by atoms with Gasteiger partial charge in [0, 0.05) is 5.56 Å². The van der Waals surface area contributed by atoms with Gasteiger partial charge in [-0.3, -0.25) is 4.57 Å².